The molecule has 0 radical (unpaired) electrons. The van der Waals surface area contributed by atoms with E-state index in [-0.39, 0.29) is 11.9 Å². The minimum Gasteiger partial charge on any atom is -0.381 e. The summed E-state index contributed by atoms with van der Waals surface area (Å²) in [7, 11) is 0. The van der Waals surface area contributed by atoms with E-state index in [1.54, 1.807) is 12.1 Å². The molecule has 0 spiro atoms. The Morgan fingerprint density at radius 2 is 2.28 bits per heavy atom. The number of nitrogens with one attached hydrogen (secondary N) is 1. The summed E-state index contributed by atoms with van der Waals surface area (Å²) in [4.78, 5) is 0. The highest BCUT2D eigenvalue weighted by Gasteiger charge is 2.26. The minimum absolute atomic E-state index is 0.146. The largest absolute Gasteiger partial charge is 0.381 e. The van der Waals surface area contributed by atoms with Crippen molar-refractivity contribution in [1.82, 2.24) is 5.32 Å². The smallest absolute Gasteiger partial charge is 0.123 e. The van der Waals surface area contributed by atoms with Crippen LogP contribution in [-0.2, 0) is 4.74 Å². The van der Waals surface area contributed by atoms with Gasteiger partial charge in [-0.15, -0.1) is 0 Å². The lowest BCUT2D eigenvalue weighted by Gasteiger charge is -2.24. The van der Waals surface area contributed by atoms with Crippen LogP contribution in [0.4, 0.5) is 4.39 Å². The highest BCUT2D eigenvalue weighted by molar-refractivity contribution is 5.27. The van der Waals surface area contributed by atoms with Gasteiger partial charge in [-0.3, -0.25) is 0 Å². The van der Waals surface area contributed by atoms with E-state index in [4.69, 9.17) is 4.74 Å². The number of aryl methyl sites for hydroxylation is 1. The molecule has 1 N–H and O–H groups in total. The number of ether oxygens (including phenoxy) is 1. The van der Waals surface area contributed by atoms with Crippen molar-refractivity contribution in [2.75, 3.05) is 19.8 Å². The van der Waals surface area contributed by atoms with Gasteiger partial charge in [-0.2, -0.15) is 0 Å². The summed E-state index contributed by atoms with van der Waals surface area (Å²) < 4.78 is 19.0. The first-order valence-corrected chi connectivity index (χ1v) is 6.79. The summed E-state index contributed by atoms with van der Waals surface area (Å²) in [6, 6.07) is 5.51. The fourth-order valence-corrected chi connectivity index (χ4v) is 2.62. The average Bonchev–Trinajstić information content (AvgIpc) is 2.82. The van der Waals surface area contributed by atoms with Crippen molar-refractivity contribution < 1.29 is 9.13 Å². The zero-order valence-corrected chi connectivity index (χ0v) is 11.2. The van der Waals surface area contributed by atoms with Gasteiger partial charge in [0.1, 0.15) is 5.82 Å². The molecule has 100 valence electrons. The van der Waals surface area contributed by atoms with Gasteiger partial charge in [0.05, 0.1) is 6.61 Å². The van der Waals surface area contributed by atoms with E-state index in [1.807, 2.05) is 6.92 Å². The molecular formula is C15H22FNO. The number of benzene rings is 1. The third kappa shape index (κ3) is 3.30. The molecule has 0 amide bonds. The van der Waals surface area contributed by atoms with Crippen LogP contribution in [0.5, 0.6) is 0 Å². The van der Waals surface area contributed by atoms with Crippen LogP contribution in [0.1, 0.15) is 36.9 Å². The first kappa shape index (κ1) is 13.5. The lowest BCUT2D eigenvalue weighted by molar-refractivity contribution is 0.176. The average molecular weight is 251 g/mol. The Morgan fingerprint density at radius 1 is 1.44 bits per heavy atom. The van der Waals surface area contributed by atoms with Gasteiger partial charge in [-0.1, -0.05) is 13.0 Å². The number of halogens is 1. The maximum absolute atomic E-state index is 13.5. The number of hydrogen-bond donors (Lipinski definition) is 1. The monoisotopic (exact) mass is 251 g/mol. The van der Waals surface area contributed by atoms with Crippen LogP contribution in [0, 0.1) is 18.7 Å². The molecule has 1 heterocycles. The summed E-state index contributed by atoms with van der Waals surface area (Å²) in [5.41, 5.74) is 2.03. The van der Waals surface area contributed by atoms with E-state index in [1.165, 1.54) is 0 Å². The van der Waals surface area contributed by atoms with Crippen molar-refractivity contribution in [3.63, 3.8) is 0 Å². The van der Waals surface area contributed by atoms with Crippen molar-refractivity contribution in [2.45, 2.75) is 32.7 Å². The number of rotatable bonds is 5. The molecule has 2 rings (SSSR count). The van der Waals surface area contributed by atoms with Gasteiger partial charge >= 0.3 is 0 Å². The van der Waals surface area contributed by atoms with Gasteiger partial charge in [0, 0.05) is 18.6 Å². The molecule has 1 fully saturated rings. The number of hydrogen-bond acceptors (Lipinski definition) is 2. The molecule has 1 aliphatic heterocycles. The van der Waals surface area contributed by atoms with Gasteiger partial charge in [-0.05, 0) is 49.6 Å². The first-order chi connectivity index (χ1) is 8.70. The second-order valence-corrected chi connectivity index (χ2v) is 5.12. The molecule has 18 heavy (non-hydrogen) atoms. The van der Waals surface area contributed by atoms with Crippen molar-refractivity contribution in [3.8, 4) is 0 Å². The minimum atomic E-state index is -0.146. The molecule has 1 aromatic rings. The molecule has 2 unspecified atom stereocenters. The van der Waals surface area contributed by atoms with Crippen molar-refractivity contribution in [3.05, 3.63) is 35.1 Å². The third-order valence-electron chi connectivity index (χ3n) is 3.47. The van der Waals surface area contributed by atoms with E-state index in [0.717, 1.165) is 43.7 Å². The van der Waals surface area contributed by atoms with E-state index in [9.17, 15) is 4.39 Å². The Hall–Kier alpha value is -0.930. The molecular weight excluding hydrogens is 229 g/mol. The van der Waals surface area contributed by atoms with E-state index >= 15 is 0 Å². The van der Waals surface area contributed by atoms with Crippen LogP contribution in [0.2, 0.25) is 0 Å². The summed E-state index contributed by atoms with van der Waals surface area (Å²) in [6.45, 7) is 6.64. The molecule has 2 atom stereocenters. The highest BCUT2D eigenvalue weighted by Crippen LogP contribution is 2.29. The standard InChI is InChI=1S/C15H22FNO/c1-3-5-17-15(12-4-6-18-10-12)13-7-11(2)8-14(16)9-13/h7-9,12,15,17H,3-6,10H2,1-2H3. The molecule has 2 nitrogen and oxygen atoms in total. The summed E-state index contributed by atoms with van der Waals surface area (Å²) >= 11 is 0. The fourth-order valence-electron chi connectivity index (χ4n) is 2.62. The molecule has 0 aromatic heterocycles. The van der Waals surface area contributed by atoms with Gasteiger partial charge < -0.3 is 10.1 Å². The highest BCUT2D eigenvalue weighted by atomic mass is 19.1. The topological polar surface area (TPSA) is 21.3 Å². The van der Waals surface area contributed by atoms with Gasteiger partial charge in [0.25, 0.3) is 0 Å². The second-order valence-electron chi connectivity index (χ2n) is 5.12. The molecule has 1 aliphatic rings. The molecule has 1 aromatic carbocycles. The maximum Gasteiger partial charge on any atom is 0.123 e. The Kier molecular flexibility index (Phi) is 4.72. The zero-order chi connectivity index (χ0) is 13.0. The zero-order valence-electron chi connectivity index (χ0n) is 11.2. The van der Waals surface area contributed by atoms with E-state index < -0.39 is 0 Å². The van der Waals surface area contributed by atoms with Gasteiger partial charge in [0.15, 0.2) is 0 Å². The maximum atomic E-state index is 13.5. The van der Waals surface area contributed by atoms with E-state index in [0.29, 0.717) is 5.92 Å². The Morgan fingerprint density at radius 3 is 2.89 bits per heavy atom. The van der Waals surface area contributed by atoms with Crippen LogP contribution >= 0.6 is 0 Å². The van der Waals surface area contributed by atoms with E-state index in [2.05, 4.69) is 18.3 Å². The van der Waals surface area contributed by atoms with Gasteiger partial charge in [0.2, 0.25) is 0 Å². The molecule has 0 aliphatic carbocycles. The SMILES string of the molecule is CCCNC(c1cc(C)cc(F)c1)C1CCOC1. The Bertz CT molecular complexity index is 368. The predicted molar refractivity (Wildman–Crippen MR) is 71.1 cm³/mol. The van der Waals surface area contributed by atoms with Gasteiger partial charge in [-0.25, -0.2) is 4.39 Å². The van der Waals surface area contributed by atoms with Crippen LogP contribution in [0.3, 0.4) is 0 Å². The van der Waals surface area contributed by atoms with Crippen LogP contribution in [0.25, 0.3) is 0 Å². The summed E-state index contributed by atoms with van der Waals surface area (Å²) in [6.07, 6.45) is 2.13. The first-order valence-electron chi connectivity index (χ1n) is 6.79. The van der Waals surface area contributed by atoms with Crippen LogP contribution in [-0.4, -0.2) is 19.8 Å². The van der Waals surface area contributed by atoms with Crippen molar-refractivity contribution >= 4 is 0 Å². The second kappa shape index (κ2) is 6.30. The summed E-state index contributed by atoms with van der Waals surface area (Å²) in [5.74, 6) is 0.310. The lowest BCUT2D eigenvalue weighted by atomic mass is 9.91. The molecule has 1 saturated heterocycles. The van der Waals surface area contributed by atoms with Crippen LogP contribution in [0.15, 0.2) is 18.2 Å². The fraction of sp³-hybridized carbons (Fsp3) is 0.600. The van der Waals surface area contributed by atoms with Crippen molar-refractivity contribution in [2.24, 2.45) is 5.92 Å². The van der Waals surface area contributed by atoms with Crippen LogP contribution < -0.4 is 5.32 Å². The predicted octanol–water partition coefficient (Wildman–Crippen LogP) is 3.21. The van der Waals surface area contributed by atoms with Crippen molar-refractivity contribution in [1.29, 1.82) is 0 Å². The molecule has 0 saturated carbocycles. The lowest BCUT2D eigenvalue weighted by Crippen LogP contribution is -2.29. The third-order valence-corrected chi connectivity index (χ3v) is 3.47. The summed E-state index contributed by atoms with van der Waals surface area (Å²) in [5, 5.41) is 3.54. The quantitative estimate of drug-likeness (QED) is 0.867. The molecule has 3 heteroatoms. The normalized spacial score (nSPS) is 21.2. The molecule has 0 bridgehead atoms. The Labute approximate surface area is 109 Å². The Balaban J connectivity index is 2.20.